The molecule has 0 bridgehead atoms. The SMILES string of the molecule is Cl.NCCCNCCCCNCCCN=c1ccc2c3c1c(O)c1c(O)ccc(=O)c1c3[nH]n2CCNCCO. The van der Waals surface area contributed by atoms with E-state index in [1.54, 1.807) is 0 Å². The maximum atomic E-state index is 12.9. The first-order valence-corrected chi connectivity index (χ1v) is 13.9. The van der Waals surface area contributed by atoms with Crippen LogP contribution >= 0.6 is 12.4 Å². The lowest BCUT2D eigenvalue weighted by Gasteiger charge is -2.09. The van der Waals surface area contributed by atoms with Crippen LogP contribution in [0, 0.1) is 0 Å². The molecule has 4 aromatic rings. The Bertz CT molecular complexity index is 1490. The van der Waals surface area contributed by atoms with E-state index in [2.05, 4.69) is 21.0 Å². The summed E-state index contributed by atoms with van der Waals surface area (Å²) in [6, 6.07) is 6.44. The van der Waals surface area contributed by atoms with E-state index in [4.69, 9.17) is 15.8 Å². The van der Waals surface area contributed by atoms with Gasteiger partial charge in [0.05, 0.1) is 45.7 Å². The van der Waals surface area contributed by atoms with Gasteiger partial charge >= 0.3 is 0 Å². The summed E-state index contributed by atoms with van der Waals surface area (Å²) in [4.78, 5) is 17.6. The number of unbranched alkanes of at least 4 members (excludes halogenated alkanes) is 1. The lowest BCUT2D eigenvalue weighted by atomic mass is 9.99. The van der Waals surface area contributed by atoms with Gasteiger partial charge in [0.2, 0.25) is 0 Å². The molecule has 0 aliphatic rings. The highest BCUT2D eigenvalue weighted by Gasteiger charge is 2.22. The molecule has 0 aliphatic heterocycles. The first-order valence-electron chi connectivity index (χ1n) is 13.9. The number of nitrogens with one attached hydrogen (secondary N) is 4. The van der Waals surface area contributed by atoms with Gasteiger partial charge in [-0.2, -0.15) is 0 Å². The summed E-state index contributed by atoms with van der Waals surface area (Å²) in [6.07, 6.45) is 4.08. The highest BCUT2D eigenvalue weighted by molar-refractivity contribution is 6.23. The second-order valence-electron chi connectivity index (χ2n) is 9.73. The maximum Gasteiger partial charge on any atom is 0.189 e. The third-order valence-corrected chi connectivity index (χ3v) is 6.93. The zero-order chi connectivity index (χ0) is 27.6. The third-order valence-electron chi connectivity index (χ3n) is 6.93. The van der Waals surface area contributed by atoms with Gasteiger partial charge < -0.3 is 37.0 Å². The largest absolute Gasteiger partial charge is 0.507 e. The zero-order valence-corrected chi connectivity index (χ0v) is 23.7. The van der Waals surface area contributed by atoms with Gasteiger partial charge in [-0.25, -0.2) is 0 Å². The molecule has 1 aromatic heterocycles. The fourth-order valence-corrected chi connectivity index (χ4v) is 5.00. The summed E-state index contributed by atoms with van der Waals surface area (Å²) < 4.78 is 1.91. The number of hydrogen-bond donors (Lipinski definition) is 8. The first kappa shape index (κ1) is 31.6. The Kier molecular flexibility index (Phi) is 12.4. The summed E-state index contributed by atoms with van der Waals surface area (Å²) in [5.41, 5.74) is 6.60. The number of hydrogen-bond acceptors (Lipinski definition) is 9. The summed E-state index contributed by atoms with van der Waals surface area (Å²) in [6.45, 7) is 6.78. The van der Waals surface area contributed by atoms with E-state index >= 15 is 0 Å². The number of H-pyrrole nitrogens is 1. The standard InChI is InChI=1S/C28H41N7O4.ClH/c29-9-3-12-30-10-1-2-11-31-13-4-14-33-19-5-6-20-24-23(19)28(39)26-22(38)8-7-21(37)25(26)27(24)34-35(20)17-15-32-16-18-36;/h5-8,30-32,34,36,38-39H,1-4,9-18,29H2;1H. The van der Waals surface area contributed by atoms with Crippen LogP contribution in [0.25, 0.3) is 32.6 Å². The van der Waals surface area contributed by atoms with Gasteiger partial charge in [0.25, 0.3) is 0 Å². The minimum atomic E-state index is -0.284. The first-order chi connectivity index (χ1) is 19.1. The number of fused-ring (bicyclic) bond motifs is 2. The Labute approximate surface area is 239 Å². The molecule has 0 saturated carbocycles. The number of aliphatic hydroxyl groups is 1. The molecule has 0 atom stereocenters. The second kappa shape index (κ2) is 15.8. The molecule has 3 aromatic carbocycles. The molecular weight excluding hydrogens is 534 g/mol. The van der Waals surface area contributed by atoms with Crippen LogP contribution in [0.1, 0.15) is 25.7 Å². The number of aromatic amines is 1. The van der Waals surface area contributed by atoms with Crippen molar-refractivity contribution in [3.8, 4) is 11.5 Å². The molecule has 4 rings (SSSR count). The fraction of sp³-hybridized carbons (Fsp3) is 0.500. The van der Waals surface area contributed by atoms with Crippen molar-refractivity contribution in [3.63, 3.8) is 0 Å². The fourth-order valence-electron chi connectivity index (χ4n) is 5.00. The van der Waals surface area contributed by atoms with E-state index in [0.29, 0.717) is 47.8 Å². The Morgan fingerprint density at radius 2 is 1.52 bits per heavy atom. The highest BCUT2D eigenvalue weighted by Crippen LogP contribution is 2.41. The molecule has 1 heterocycles. The lowest BCUT2D eigenvalue weighted by Crippen LogP contribution is -2.23. The molecule has 40 heavy (non-hydrogen) atoms. The van der Waals surface area contributed by atoms with Gasteiger partial charge in [-0.3, -0.25) is 19.6 Å². The van der Waals surface area contributed by atoms with Crippen molar-refractivity contribution >= 4 is 45.0 Å². The number of phenols is 2. The van der Waals surface area contributed by atoms with Crippen molar-refractivity contribution in [2.75, 3.05) is 59.0 Å². The number of benzene rings is 3. The second-order valence-corrected chi connectivity index (χ2v) is 9.73. The summed E-state index contributed by atoms with van der Waals surface area (Å²) >= 11 is 0. The maximum absolute atomic E-state index is 12.9. The molecule has 220 valence electrons. The number of aromatic nitrogens is 2. The van der Waals surface area contributed by atoms with Crippen LogP contribution in [-0.2, 0) is 6.54 Å². The average Bonchev–Trinajstić information content (AvgIpc) is 3.30. The van der Waals surface area contributed by atoms with Crippen LogP contribution in [0.15, 0.2) is 34.1 Å². The molecule has 0 unspecified atom stereocenters. The Morgan fingerprint density at radius 3 is 2.25 bits per heavy atom. The van der Waals surface area contributed by atoms with Crippen molar-refractivity contribution in [2.45, 2.75) is 32.2 Å². The van der Waals surface area contributed by atoms with Crippen LogP contribution in [0.2, 0.25) is 0 Å². The van der Waals surface area contributed by atoms with E-state index in [-0.39, 0.29) is 46.7 Å². The topological polar surface area (TPSA) is 173 Å². The van der Waals surface area contributed by atoms with Crippen molar-refractivity contribution in [2.24, 2.45) is 10.7 Å². The summed E-state index contributed by atoms with van der Waals surface area (Å²) in [7, 11) is 0. The van der Waals surface area contributed by atoms with Gasteiger partial charge in [-0.05, 0) is 82.7 Å². The van der Waals surface area contributed by atoms with Gasteiger partial charge in [-0.15, -0.1) is 12.4 Å². The minimum absolute atomic E-state index is 0. The van der Waals surface area contributed by atoms with Crippen molar-refractivity contribution in [1.82, 2.24) is 25.7 Å². The number of halogens is 1. The van der Waals surface area contributed by atoms with Crippen LogP contribution in [0.5, 0.6) is 11.5 Å². The predicted octanol–water partition coefficient (Wildman–Crippen LogP) is 1.09. The van der Waals surface area contributed by atoms with Crippen molar-refractivity contribution < 1.29 is 15.3 Å². The third kappa shape index (κ3) is 7.22. The van der Waals surface area contributed by atoms with E-state index in [1.807, 2.05) is 16.8 Å². The molecule has 0 radical (unpaired) electrons. The van der Waals surface area contributed by atoms with Crippen LogP contribution in [-0.4, -0.2) is 84.1 Å². The number of nitrogens with two attached hydrogens (primary N) is 1. The number of phenolic OH excluding ortho intramolecular Hbond substituents is 2. The van der Waals surface area contributed by atoms with E-state index in [9.17, 15) is 15.0 Å². The molecule has 9 N–H and O–H groups in total. The summed E-state index contributed by atoms with van der Waals surface area (Å²) in [5, 5.41) is 46.5. The molecule has 0 saturated heterocycles. The monoisotopic (exact) mass is 575 g/mol. The highest BCUT2D eigenvalue weighted by atomic mass is 35.5. The molecule has 0 spiro atoms. The van der Waals surface area contributed by atoms with E-state index in [0.717, 1.165) is 63.9 Å². The predicted molar refractivity (Wildman–Crippen MR) is 163 cm³/mol. The van der Waals surface area contributed by atoms with Gasteiger partial charge in [0.1, 0.15) is 11.5 Å². The Hall–Kier alpha value is -2.93. The van der Waals surface area contributed by atoms with Gasteiger partial charge in [-0.1, -0.05) is 0 Å². The number of nitrogens with zero attached hydrogens (tertiary/aromatic N) is 2. The number of aliphatic hydroxyl groups excluding tert-OH is 1. The lowest BCUT2D eigenvalue weighted by molar-refractivity contribution is 0.291. The molecule has 12 heteroatoms. The smallest absolute Gasteiger partial charge is 0.189 e. The quantitative estimate of drug-likeness (QED) is 0.0682. The molecule has 0 amide bonds. The normalized spacial score (nSPS) is 12.2. The Balaban J connectivity index is 0.00000441. The number of aromatic hydroxyl groups is 2. The Morgan fingerprint density at radius 1 is 0.825 bits per heavy atom. The van der Waals surface area contributed by atoms with Crippen LogP contribution in [0.4, 0.5) is 0 Å². The molecule has 0 fully saturated rings. The number of rotatable bonds is 17. The van der Waals surface area contributed by atoms with Gasteiger partial charge in [0, 0.05) is 25.0 Å². The molecular formula is C28H42ClN7O4. The molecule has 11 nitrogen and oxygen atoms in total. The van der Waals surface area contributed by atoms with Crippen molar-refractivity contribution in [1.29, 1.82) is 0 Å². The summed E-state index contributed by atoms with van der Waals surface area (Å²) in [5.74, 6) is -0.292. The molecule has 0 aliphatic carbocycles. The van der Waals surface area contributed by atoms with E-state index in [1.165, 1.54) is 12.1 Å². The average molecular weight is 576 g/mol. The van der Waals surface area contributed by atoms with Gasteiger partial charge in [0.15, 0.2) is 5.43 Å². The minimum Gasteiger partial charge on any atom is -0.507 e. The van der Waals surface area contributed by atoms with Crippen molar-refractivity contribution in [3.05, 3.63) is 39.8 Å². The zero-order valence-electron chi connectivity index (χ0n) is 22.8. The van der Waals surface area contributed by atoms with E-state index < -0.39 is 0 Å². The van der Waals surface area contributed by atoms with Crippen LogP contribution in [0.3, 0.4) is 0 Å². The van der Waals surface area contributed by atoms with Crippen LogP contribution < -0.4 is 32.5 Å².